The van der Waals surface area contributed by atoms with Gasteiger partial charge >= 0.3 is 23.9 Å². The summed E-state index contributed by atoms with van der Waals surface area (Å²) in [5.41, 5.74) is 4.57. The van der Waals surface area contributed by atoms with Crippen molar-refractivity contribution in [3.8, 4) is 0 Å². The van der Waals surface area contributed by atoms with E-state index in [1.165, 1.54) is 0 Å². The topological polar surface area (TPSA) is 82.0 Å². The molecule has 0 saturated carbocycles. The number of carbonyl (C=O) groups is 1. The van der Waals surface area contributed by atoms with E-state index in [-0.39, 0.29) is 0 Å². The number of amides is 1. The summed E-state index contributed by atoms with van der Waals surface area (Å²) in [5.74, 6) is -3.64. The summed E-state index contributed by atoms with van der Waals surface area (Å²) in [6.07, 6.45) is -4.75. The molecule has 0 spiro atoms. The van der Waals surface area contributed by atoms with Gasteiger partial charge in [-0.1, -0.05) is 0 Å². The van der Waals surface area contributed by atoms with Gasteiger partial charge in [0.2, 0.25) is 0 Å². The third kappa shape index (κ3) is 1.52. The Bertz CT molecular complexity index is 305. The molecule has 0 unspecified atom stereocenters. The maximum atomic E-state index is 11.7. The summed E-state index contributed by atoms with van der Waals surface area (Å²) in [7, 11) is 0. The standard InChI is InChI=1S/C4H2F3N3O2/c5-4(6,7)3-10-9-2(12-3)1(8)11/h(H2,8,11). The van der Waals surface area contributed by atoms with Crippen molar-refractivity contribution in [1.82, 2.24) is 10.2 Å². The quantitative estimate of drug-likeness (QED) is 0.670. The van der Waals surface area contributed by atoms with Gasteiger partial charge in [0.25, 0.3) is 0 Å². The minimum atomic E-state index is -4.75. The Balaban J connectivity index is 3.00. The van der Waals surface area contributed by atoms with Crippen LogP contribution < -0.4 is 5.73 Å². The van der Waals surface area contributed by atoms with E-state index in [9.17, 15) is 18.0 Å². The molecule has 66 valence electrons. The number of rotatable bonds is 1. The number of nitrogens with two attached hydrogens (primary N) is 1. The third-order valence-corrected chi connectivity index (χ3v) is 0.878. The van der Waals surface area contributed by atoms with Crippen molar-refractivity contribution in [2.45, 2.75) is 6.18 Å². The molecule has 1 heterocycles. The number of halogens is 3. The SMILES string of the molecule is NC(=O)c1nnc(C(F)(F)F)o1. The normalized spacial score (nSPS) is 11.6. The van der Waals surface area contributed by atoms with Crippen LogP contribution in [0, 0.1) is 0 Å². The predicted octanol–water partition coefficient (Wildman–Crippen LogP) is 0.187. The van der Waals surface area contributed by atoms with Gasteiger partial charge in [-0.2, -0.15) is 13.2 Å². The summed E-state index contributed by atoms with van der Waals surface area (Å²) in [4.78, 5) is 10.2. The summed E-state index contributed by atoms with van der Waals surface area (Å²) in [5, 5.41) is 5.34. The van der Waals surface area contributed by atoms with Crippen molar-refractivity contribution in [3.63, 3.8) is 0 Å². The van der Waals surface area contributed by atoms with Gasteiger partial charge in [-0.05, 0) is 0 Å². The summed E-state index contributed by atoms with van der Waals surface area (Å²) in [6, 6.07) is 0. The van der Waals surface area contributed by atoms with E-state index in [0.29, 0.717) is 0 Å². The zero-order valence-electron chi connectivity index (χ0n) is 5.42. The molecule has 0 fully saturated rings. The monoisotopic (exact) mass is 181 g/mol. The Labute approximate surface area is 63.4 Å². The van der Waals surface area contributed by atoms with Crippen molar-refractivity contribution >= 4 is 5.91 Å². The molecule has 0 saturated heterocycles. The maximum Gasteiger partial charge on any atom is 0.470 e. The van der Waals surface area contributed by atoms with E-state index in [0.717, 1.165) is 0 Å². The van der Waals surface area contributed by atoms with Crippen LogP contribution in [0.15, 0.2) is 4.42 Å². The molecular formula is C4H2F3N3O2. The Kier molecular flexibility index (Phi) is 1.75. The van der Waals surface area contributed by atoms with Gasteiger partial charge in [0.15, 0.2) is 0 Å². The lowest BCUT2D eigenvalue weighted by Crippen LogP contribution is -2.11. The van der Waals surface area contributed by atoms with Crippen molar-refractivity contribution in [2.24, 2.45) is 5.73 Å². The first-order valence-electron chi connectivity index (χ1n) is 2.62. The Morgan fingerprint density at radius 2 is 2.00 bits per heavy atom. The summed E-state index contributed by atoms with van der Waals surface area (Å²) in [6.45, 7) is 0. The first-order chi connectivity index (χ1) is 5.41. The van der Waals surface area contributed by atoms with Crippen LogP contribution in [0.2, 0.25) is 0 Å². The van der Waals surface area contributed by atoms with E-state index < -0.39 is 23.9 Å². The maximum absolute atomic E-state index is 11.7. The Morgan fingerprint density at radius 3 is 2.25 bits per heavy atom. The van der Waals surface area contributed by atoms with Crippen molar-refractivity contribution in [1.29, 1.82) is 0 Å². The molecule has 12 heavy (non-hydrogen) atoms. The average molecular weight is 181 g/mol. The molecule has 0 bridgehead atoms. The molecule has 0 aromatic carbocycles. The summed E-state index contributed by atoms with van der Waals surface area (Å²) < 4.78 is 39.0. The summed E-state index contributed by atoms with van der Waals surface area (Å²) >= 11 is 0. The minimum Gasteiger partial charge on any atom is -0.409 e. The second-order valence-corrected chi connectivity index (χ2v) is 1.77. The predicted molar refractivity (Wildman–Crippen MR) is 27.8 cm³/mol. The van der Waals surface area contributed by atoms with Crippen LogP contribution in [-0.4, -0.2) is 16.1 Å². The highest BCUT2D eigenvalue weighted by Crippen LogP contribution is 2.27. The van der Waals surface area contributed by atoms with E-state index in [1.54, 1.807) is 0 Å². The average Bonchev–Trinajstić information content (AvgIpc) is 2.30. The van der Waals surface area contributed by atoms with Crippen LogP contribution in [-0.2, 0) is 6.18 Å². The van der Waals surface area contributed by atoms with E-state index in [4.69, 9.17) is 0 Å². The highest BCUT2D eigenvalue weighted by Gasteiger charge is 2.38. The first kappa shape index (κ1) is 8.50. The van der Waals surface area contributed by atoms with Crippen LogP contribution in [0.1, 0.15) is 16.6 Å². The van der Waals surface area contributed by atoms with Gasteiger partial charge in [-0.3, -0.25) is 4.79 Å². The zero-order valence-corrected chi connectivity index (χ0v) is 5.42. The number of carbonyl (C=O) groups excluding carboxylic acids is 1. The molecule has 8 heteroatoms. The van der Waals surface area contributed by atoms with Crippen molar-refractivity contribution < 1.29 is 22.4 Å². The highest BCUT2D eigenvalue weighted by molar-refractivity contribution is 5.87. The number of alkyl halides is 3. The second-order valence-electron chi connectivity index (χ2n) is 1.77. The molecule has 1 amide bonds. The van der Waals surface area contributed by atoms with Gasteiger partial charge in [-0.15, -0.1) is 10.2 Å². The third-order valence-electron chi connectivity index (χ3n) is 0.878. The molecule has 1 aromatic heterocycles. The lowest BCUT2D eigenvalue weighted by Gasteiger charge is -1.96. The van der Waals surface area contributed by atoms with Gasteiger partial charge in [0.05, 0.1) is 0 Å². The molecule has 0 aliphatic carbocycles. The van der Waals surface area contributed by atoms with Gasteiger partial charge in [0, 0.05) is 0 Å². The number of hydrogen-bond acceptors (Lipinski definition) is 4. The fraction of sp³-hybridized carbons (Fsp3) is 0.250. The number of hydrogen-bond donors (Lipinski definition) is 1. The van der Waals surface area contributed by atoms with Crippen LogP contribution in [0.3, 0.4) is 0 Å². The van der Waals surface area contributed by atoms with Crippen molar-refractivity contribution in [3.05, 3.63) is 11.8 Å². The van der Waals surface area contributed by atoms with Crippen LogP contribution in [0.4, 0.5) is 13.2 Å². The zero-order chi connectivity index (χ0) is 9.35. The van der Waals surface area contributed by atoms with E-state index >= 15 is 0 Å². The smallest absolute Gasteiger partial charge is 0.409 e. The van der Waals surface area contributed by atoms with E-state index in [1.807, 2.05) is 0 Å². The first-order valence-corrected chi connectivity index (χ1v) is 2.62. The van der Waals surface area contributed by atoms with Crippen LogP contribution >= 0.6 is 0 Å². The van der Waals surface area contributed by atoms with Gasteiger partial charge in [0.1, 0.15) is 0 Å². The minimum absolute atomic E-state index is 0.859. The van der Waals surface area contributed by atoms with Gasteiger partial charge < -0.3 is 10.2 Å². The Morgan fingerprint density at radius 1 is 1.42 bits per heavy atom. The molecule has 0 radical (unpaired) electrons. The largest absolute Gasteiger partial charge is 0.470 e. The van der Waals surface area contributed by atoms with Crippen molar-refractivity contribution in [2.75, 3.05) is 0 Å². The fourth-order valence-electron chi connectivity index (χ4n) is 0.437. The second kappa shape index (κ2) is 2.47. The molecule has 0 aliphatic rings. The number of primary amides is 1. The lowest BCUT2D eigenvalue weighted by molar-refractivity contribution is -0.157. The Hall–Kier alpha value is -1.60. The van der Waals surface area contributed by atoms with Crippen LogP contribution in [0.25, 0.3) is 0 Å². The molecule has 0 aliphatic heterocycles. The molecular weight excluding hydrogens is 179 g/mol. The fourth-order valence-corrected chi connectivity index (χ4v) is 0.437. The molecule has 2 N–H and O–H groups in total. The molecule has 1 aromatic rings. The van der Waals surface area contributed by atoms with Crippen LogP contribution in [0.5, 0.6) is 0 Å². The molecule has 0 atom stereocenters. The van der Waals surface area contributed by atoms with Gasteiger partial charge in [-0.25, -0.2) is 0 Å². The lowest BCUT2D eigenvalue weighted by atomic mass is 10.6. The van der Waals surface area contributed by atoms with E-state index in [2.05, 4.69) is 20.3 Å². The molecule has 1 rings (SSSR count). The highest BCUT2D eigenvalue weighted by atomic mass is 19.4. The number of aromatic nitrogens is 2. The number of nitrogens with zero attached hydrogens (tertiary/aromatic N) is 2. The molecule has 5 nitrogen and oxygen atoms in total.